The Hall–Kier alpha value is -1.38. The van der Waals surface area contributed by atoms with Crippen molar-refractivity contribution in [2.75, 3.05) is 7.05 Å². The Bertz CT molecular complexity index is 346. The van der Waals surface area contributed by atoms with Crippen molar-refractivity contribution in [2.45, 2.75) is 25.8 Å². The number of pyridine rings is 1. The van der Waals surface area contributed by atoms with Crippen molar-refractivity contribution < 1.29 is 4.79 Å². The minimum Gasteiger partial charge on any atom is -0.339 e. The number of nitrogens with zero attached hydrogens (tertiary/aromatic N) is 2. The Morgan fingerprint density at radius 1 is 1.60 bits per heavy atom. The number of aromatic nitrogens is 1. The zero-order valence-corrected chi connectivity index (χ0v) is 9.18. The fourth-order valence-electron chi connectivity index (χ4n) is 1.77. The van der Waals surface area contributed by atoms with Crippen LogP contribution in [0.25, 0.3) is 0 Å². The number of hydrogen-bond acceptors (Lipinski definition) is 2. The van der Waals surface area contributed by atoms with Gasteiger partial charge in [-0.3, -0.25) is 9.78 Å². The van der Waals surface area contributed by atoms with Gasteiger partial charge in [0.15, 0.2) is 0 Å². The van der Waals surface area contributed by atoms with Gasteiger partial charge in [0.05, 0.1) is 5.56 Å². The number of rotatable bonds is 3. The van der Waals surface area contributed by atoms with Gasteiger partial charge >= 0.3 is 0 Å². The molecule has 80 valence electrons. The highest BCUT2D eigenvalue weighted by Gasteiger charge is 2.32. The van der Waals surface area contributed by atoms with Gasteiger partial charge in [0.2, 0.25) is 0 Å². The summed E-state index contributed by atoms with van der Waals surface area (Å²) >= 11 is 0. The second kappa shape index (κ2) is 4.01. The van der Waals surface area contributed by atoms with E-state index in [9.17, 15) is 4.79 Å². The molecule has 15 heavy (non-hydrogen) atoms. The first kappa shape index (κ1) is 10.1. The first-order chi connectivity index (χ1) is 7.20. The lowest BCUT2D eigenvalue weighted by molar-refractivity contribution is 0.0727. The molecule has 0 aromatic carbocycles. The molecule has 1 atom stereocenters. The molecule has 0 spiro atoms. The summed E-state index contributed by atoms with van der Waals surface area (Å²) in [6.07, 6.45) is 5.82. The predicted molar refractivity (Wildman–Crippen MR) is 58.5 cm³/mol. The van der Waals surface area contributed by atoms with E-state index < -0.39 is 0 Å². The molecule has 1 aromatic rings. The van der Waals surface area contributed by atoms with E-state index in [1.807, 2.05) is 18.0 Å². The minimum absolute atomic E-state index is 0.0718. The van der Waals surface area contributed by atoms with E-state index >= 15 is 0 Å². The van der Waals surface area contributed by atoms with Crippen molar-refractivity contribution in [3.63, 3.8) is 0 Å². The second-order valence-corrected chi connectivity index (χ2v) is 4.24. The van der Waals surface area contributed by atoms with Gasteiger partial charge < -0.3 is 4.90 Å². The third-order valence-electron chi connectivity index (χ3n) is 3.14. The molecule has 1 aliphatic carbocycles. The summed E-state index contributed by atoms with van der Waals surface area (Å²) in [6.45, 7) is 2.12. The first-order valence-electron chi connectivity index (χ1n) is 5.37. The van der Waals surface area contributed by atoms with Crippen LogP contribution in [0.3, 0.4) is 0 Å². The Morgan fingerprint density at radius 2 is 2.33 bits per heavy atom. The van der Waals surface area contributed by atoms with E-state index in [0.717, 1.165) is 0 Å². The number of carbonyl (C=O) groups excluding carboxylic acids is 1. The Balaban J connectivity index is 2.07. The van der Waals surface area contributed by atoms with Crippen LogP contribution in [0, 0.1) is 5.92 Å². The summed E-state index contributed by atoms with van der Waals surface area (Å²) in [7, 11) is 1.87. The lowest BCUT2D eigenvalue weighted by Gasteiger charge is -2.24. The van der Waals surface area contributed by atoms with Crippen molar-refractivity contribution in [3.8, 4) is 0 Å². The maximum Gasteiger partial charge on any atom is 0.255 e. The molecule has 0 N–H and O–H groups in total. The maximum absolute atomic E-state index is 12.0. The van der Waals surface area contributed by atoms with E-state index in [-0.39, 0.29) is 5.91 Å². The monoisotopic (exact) mass is 204 g/mol. The van der Waals surface area contributed by atoms with Crippen LogP contribution >= 0.6 is 0 Å². The molecule has 3 nitrogen and oxygen atoms in total. The zero-order chi connectivity index (χ0) is 10.8. The molecule has 1 aromatic heterocycles. The summed E-state index contributed by atoms with van der Waals surface area (Å²) in [5.74, 6) is 0.776. The summed E-state index contributed by atoms with van der Waals surface area (Å²) in [6, 6.07) is 3.95. The third kappa shape index (κ3) is 2.17. The van der Waals surface area contributed by atoms with Crippen LogP contribution in [0.15, 0.2) is 24.5 Å². The molecule has 2 rings (SSSR count). The molecular weight excluding hydrogens is 188 g/mol. The Kier molecular flexibility index (Phi) is 2.71. The number of amides is 1. The van der Waals surface area contributed by atoms with Crippen molar-refractivity contribution in [2.24, 2.45) is 5.92 Å². The van der Waals surface area contributed by atoms with Crippen LogP contribution in [0.2, 0.25) is 0 Å². The molecule has 0 saturated heterocycles. The topological polar surface area (TPSA) is 33.2 Å². The number of hydrogen-bond donors (Lipinski definition) is 0. The summed E-state index contributed by atoms with van der Waals surface area (Å²) in [4.78, 5) is 17.8. The molecule has 1 aliphatic rings. The van der Waals surface area contributed by atoms with E-state index in [1.165, 1.54) is 12.8 Å². The van der Waals surface area contributed by atoms with Gasteiger partial charge in [0.25, 0.3) is 5.91 Å². The quantitative estimate of drug-likeness (QED) is 0.754. The van der Waals surface area contributed by atoms with Crippen LogP contribution < -0.4 is 0 Å². The molecule has 1 heterocycles. The van der Waals surface area contributed by atoms with Crippen molar-refractivity contribution in [3.05, 3.63) is 30.1 Å². The molecule has 1 amide bonds. The summed E-state index contributed by atoms with van der Waals surface area (Å²) in [5.41, 5.74) is 0.674. The predicted octanol–water partition coefficient (Wildman–Crippen LogP) is 1.95. The van der Waals surface area contributed by atoms with Crippen LogP contribution in [0.1, 0.15) is 30.1 Å². The van der Waals surface area contributed by atoms with Gasteiger partial charge in [0, 0.05) is 25.5 Å². The second-order valence-electron chi connectivity index (χ2n) is 4.24. The zero-order valence-electron chi connectivity index (χ0n) is 9.18. The molecule has 0 radical (unpaired) electrons. The average Bonchev–Trinajstić information content (AvgIpc) is 3.11. The van der Waals surface area contributed by atoms with E-state index in [4.69, 9.17) is 0 Å². The van der Waals surface area contributed by atoms with Crippen molar-refractivity contribution in [1.82, 2.24) is 9.88 Å². The molecule has 1 unspecified atom stereocenters. The largest absolute Gasteiger partial charge is 0.339 e. The van der Waals surface area contributed by atoms with Gasteiger partial charge in [0.1, 0.15) is 0 Å². The smallest absolute Gasteiger partial charge is 0.255 e. The van der Waals surface area contributed by atoms with Gasteiger partial charge in [-0.25, -0.2) is 0 Å². The summed E-state index contributed by atoms with van der Waals surface area (Å²) in [5, 5.41) is 0. The maximum atomic E-state index is 12.0. The highest BCUT2D eigenvalue weighted by molar-refractivity contribution is 5.93. The first-order valence-corrected chi connectivity index (χ1v) is 5.37. The standard InChI is InChI=1S/C12H16N2O/c1-9(10-5-6-10)14(2)12(15)11-4-3-7-13-8-11/h3-4,7-10H,5-6H2,1-2H3. The fourth-order valence-corrected chi connectivity index (χ4v) is 1.77. The molecular formula is C12H16N2O. The van der Waals surface area contributed by atoms with Gasteiger partial charge in [-0.1, -0.05) is 0 Å². The number of carbonyl (C=O) groups is 1. The third-order valence-corrected chi connectivity index (χ3v) is 3.14. The minimum atomic E-state index is 0.0718. The molecule has 0 bridgehead atoms. The van der Waals surface area contributed by atoms with Crippen LogP contribution in [-0.2, 0) is 0 Å². The fraction of sp³-hybridized carbons (Fsp3) is 0.500. The highest BCUT2D eigenvalue weighted by atomic mass is 16.2. The van der Waals surface area contributed by atoms with Crippen LogP contribution in [0.5, 0.6) is 0 Å². The highest BCUT2D eigenvalue weighted by Crippen LogP contribution is 2.34. The van der Waals surface area contributed by atoms with Crippen LogP contribution in [-0.4, -0.2) is 28.9 Å². The Labute approximate surface area is 90.1 Å². The Morgan fingerprint density at radius 3 is 2.87 bits per heavy atom. The lowest BCUT2D eigenvalue weighted by atomic mass is 10.1. The molecule has 3 heteroatoms. The summed E-state index contributed by atoms with van der Waals surface area (Å²) < 4.78 is 0. The van der Waals surface area contributed by atoms with Gasteiger partial charge in [-0.2, -0.15) is 0 Å². The average molecular weight is 204 g/mol. The van der Waals surface area contributed by atoms with E-state index in [1.54, 1.807) is 18.5 Å². The van der Waals surface area contributed by atoms with Gasteiger partial charge in [-0.05, 0) is 37.8 Å². The van der Waals surface area contributed by atoms with Crippen molar-refractivity contribution in [1.29, 1.82) is 0 Å². The van der Waals surface area contributed by atoms with E-state index in [0.29, 0.717) is 17.5 Å². The SMILES string of the molecule is CC(C1CC1)N(C)C(=O)c1cccnc1. The van der Waals surface area contributed by atoms with Crippen LogP contribution in [0.4, 0.5) is 0 Å². The van der Waals surface area contributed by atoms with Crippen molar-refractivity contribution >= 4 is 5.91 Å². The van der Waals surface area contributed by atoms with Gasteiger partial charge in [-0.15, -0.1) is 0 Å². The lowest BCUT2D eigenvalue weighted by Crippen LogP contribution is -2.36. The molecule has 1 fully saturated rings. The van der Waals surface area contributed by atoms with E-state index in [2.05, 4.69) is 11.9 Å². The molecule has 1 saturated carbocycles. The molecule has 0 aliphatic heterocycles. The normalized spacial score (nSPS) is 17.2.